The Morgan fingerprint density at radius 3 is 2.35 bits per heavy atom. The third-order valence-corrected chi connectivity index (χ3v) is 12.4. The topological polar surface area (TPSA) is 175 Å². The number of methoxy groups -OCH3 is 2. The summed E-state index contributed by atoms with van der Waals surface area (Å²) in [7, 11) is 2.85. The van der Waals surface area contributed by atoms with E-state index in [-0.39, 0.29) is 42.6 Å². The molecule has 1 aromatic carbocycles. The highest BCUT2D eigenvalue weighted by Crippen LogP contribution is 2.46. The van der Waals surface area contributed by atoms with Gasteiger partial charge in [-0.3, -0.25) is 14.4 Å². The zero-order chi connectivity index (χ0) is 43.7. The van der Waals surface area contributed by atoms with Crippen LogP contribution in [-0.4, -0.2) is 95.1 Å². The van der Waals surface area contributed by atoms with Crippen molar-refractivity contribution < 1.29 is 42.9 Å². The lowest BCUT2D eigenvalue weighted by molar-refractivity contribution is -0.148. The molecule has 2 N–H and O–H groups in total. The third kappa shape index (κ3) is 9.77. The monoisotopic (exact) mass is 845 g/mol. The van der Waals surface area contributed by atoms with E-state index >= 15 is 0 Å². The molecule has 0 radical (unpaired) electrons. The van der Waals surface area contributed by atoms with Crippen molar-refractivity contribution in [3.63, 3.8) is 0 Å². The van der Waals surface area contributed by atoms with Gasteiger partial charge in [-0.05, 0) is 62.0 Å². The highest BCUT2D eigenvalue weighted by Gasteiger charge is 2.62. The number of pyridine rings is 1. The van der Waals surface area contributed by atoms with Gasteiger partial charge < -0.3 is 34.5 Å². The second-order valence-corrected chi connectivity index (χ2v) is 19.6. The minimum Gasteiger partial charge on any atom is -0.496 e. The Morgan fingerprint density at radius 2 is 1.73 bits per heavy atom. The molecule has 0 unspecified atom stereocenters. The molecule has 3 heterocycles. The van der Waals surface area contributed by atoms with Crippen LogP contribution in [0.5, 0.6) is 11.5 Å². The number of carbonyl (C=O) groups excluding carboxylic acids is 5. The van der Waals surface area contributed by atoms with Gasteiger partial charge in [-0.1, -0.05) is 47.6 Å². The van der Waals surface area contributed by atoms with Gasteiger partial charge in [-0.25, -0.2) is 19.6 Å². The summed E-state index contributed by atoms with van der Waals surface area (Å²) < 4.78 is 23.2. The van der Waals surface area contributed by atoms with E-state index in [2.05, 4.69) is 17.2 Å². The summed E-state index contributed by atoms with van der Waals surface area (Å²) in [5.41, 5.74) is 0.260. The summed E-state index contributed by atoms with van der Waals surface area (Å²) in [5.74, 6) is -0.803. The maximum Gasteiger partial charge on any atom is 0.408 e. The summed E-state index contributed by atoms with van der Waals surface area (Å²) in [5, 5.41) is 8.95. The predicted molar refractivity (Wildman–Crippen MR) is 228 cm³/mol. The second kappa shape index (κ2) is 17.5. The van der Waals surface area contributed by atoms with Crippen LogP contribution >= 0.6 is 11.3 Å². The van der Waals surface area contributed by atoms with Gasteiger partial charge in [0.05, 0.1) is 38.4 Å². The quantitative estimate of drug-likeness (QED) is 0.128. The number of likely N-dealkylation sites (tertiary alicyclic amines) is 1. The standard InChI is InChI=1S/C45H59N5O9S/c1-11-26-21-45(26,41(54)57-10)49-39(52)33-19-29(23-50(33)40(53)38(44(6,7)8)48-42(55)59-28-14-12-13-15-28)58-35-20-31(47-37-25(2)34(56-9)17-16-30(35)37)32-24-60-36(46-32)18-27(51)22-43(3,4)5/h11,16-17,20,24,26,28-29,33,38H,1,12-15,18-19,21-23H2,2-10H3,(H,48,55)(H,49,52)/t26-,29-,33+,38-,45-/m1/s1. The number of aromatic nitrogens is 2. The van der Waals surface area contributed by atoms with Crippen LogP contribution in [0.2, 0.25) is 0 Å². The van der Waals surface area contributed by atoms with Crippen LogP contribution in [0.4, 0.5) is 4.79 Å². The Bertz CT molecular complexity index is 2150. The van der Waals surface area contributed by atoms with Gasteiger partial charge in [-0.2, -0.15) is 0 Å². The van der Waals surface area contributed by atoms with Crippen molar-refractivity contribution in [2.75, 3.05) is 20.8 Å². The summed E-state index contributed by atoms with van der Waals surface area (Å²) in [6, 6.07) is 3.33. The van der Waals surface area contributed by atoms with E-state index in [0.717, 1.165) is 31.2 Å². The molecule has 15 heteroatoms. The van der Waals surface area contributed by atoms with Crippen molar-refractivity contribution in [3.8, 4) is 22.9 Å². The Hall–Kier alpha value is -5.05. The summed E-state index contributed by atoms with van der Waals surface area (Å²) in [6.45, 7) is 17.3. The number of aryl methyl sites for hydroxylation is 1. The van der Waals surface area contributed by atoms with Crippen LogP contribution in [0.15, 0.2) is 36.2 Å². The number of nitrogens with one attached hydrogen (secondary N) is 2. The maximum atomic E-state index is 14.7. The number of hydrogen-bond donors (Lipinski definition) is 2. The number of ether oxygens (including phenoxy) is 4. The van der Waals surface area contributed by atoms with Gasteiger partial charge in [-0.15, -0.1) is 17.9 Å². The maximum absolute atomic E-state index is 14.7. The Labute approximate surface area is 356 Å². The van der Waals surface area contributed by atoms with Crippen LogP contribution in [0, 0.1) is 23.7 Å². The fourth-order valence-corrected chi connectivity index (χ4v) is 9.14. The van der Waals surface area contributed by atoms with Gasteiger partial charge in [0.15, 0.2) is 0 Å². The highest BCUT2D eigenvalue weighted by molar-refractivity contribution is 7.10. The molecule has 60 heavy (non-hydrogen) atoms. The molecule has 1 saturated heterocycles. The van der Waals surface area contributed by atoms with Crippen molar-refractivity contribution in [2.45, 2.75) is 130 Å². The second-order valence-electron chi connectivity index (χ2n) is 18.6. The molecular weight excluding hydrogens is 787 g/mol. The fourth-order valence-electron chi connectivity index (χ4n) is 8.33. The first-order valence-electron chi connectivity index (χ1n) is 20.7. The number of alkyl carbamates (subject to hydrolysis) is 1. The van der Waals surface area contributed by atoms with Crippen LogP contribution in [0.3, 0.4) is 0 Å². The first-order valence-corrected chi connectivity index (χ1v) is 21.6. The molecule has 2 aromatic heterocycles. The van der Waals surface area contributed by atoms with E-state index in [9.17, 15) is 24.0 Å². The van der Waals surface area contributed by atoms with Gasteiger partial charge in [0, 0.05) is 41.2 Å². The fraction of sp³-hybridized carbons (Fsp3) is 0.578. The summed E-state index contributed by atoms with van der Waals surface area (Å²) >= 11 is 1.39. The SMILES string of the molecule is C=C[C@@H]1C[C@]1(NC(=O)[C@@H]1C[C@@H](Oc2cc(-c3csc(CC(=O)CC(C)(C)C)n3)nc3c(C)c(OC)ccc23)CN1C(=O)[C@@H](NC(=O)OC1CCCC1)C(C)(C)C)C(=O)OC. The zero-order valence-corrected chi connectivity index (χ0v) is 37.1. The lowest BCUT2D eigenvalue weighted by atomic mass is 9.85. The number of ketones is 1. The highest BCUT2D eigenvalue weighted by atomic mass is 32.1. The van der Waals surface area contributed by atoms with Gasteiger partial charge in [0.1, 0.15) is 57.8 Å². The Morgan fingerprint density at radius 1 is 1.02 bits per heavy atom. The number of esters is 1. The first-order chi connectivity index (χ1) is 28.3. The van der Waals surface area contributed by atoms with Crippen molar-refractivity contribution in [3.05, 3.63) is 46.8 Å². The summed E-state index contributed by atoms with van der Waals surface area (Å²) in [6.07, 6.45) is 4.49. The van der Waals surface area contributed by atoms with Crippen LogP contribution in [-0.2, 0) is 35.1 Å². The lowest BCUT2D eigenvalue weighted by Crippen LogP contribution is -2.59. The minimum absolute atomic E-state index is 0.00993. The van der Waals surface area contributed by atoms with E-state index in [1.54, 1.807) is 19.3 Å². The Kier molecular flexibility index (Phi) is 13.0. The molecule has 5 atom stereocenters. The van der Waals surface area contributed by atoms with E-state index in [1.165, 1.54) is 23.3 Å². The van der Waals surface area contributed by atoms with Gasteiger partial charge in [0.25, 0.3) is 0 Å². The minimum atomic E-state index is -1.30. The molecule has 2 saturated carbocycles. The van der Waals surface area contributed by atoms with Gasteiger partial charge in [0.2, 0.25) is 11.8 Å². The number of thiazole rings is 1. The molecule has 3 aliphatic rings. The van der Waals surface area contributed by atoms with Crippen LogP contribution in [0.25, 0.3) is 22.3 Å². The van der Waals surface area contributed by atoms with E-state index in [1.807, 2.05) is 66.0 Å². The number of amides is 3. The lowest BCUT2D eigenvalue weighted by Gasteiger charge is -2.35. The van der Waals surface area contributed by atoms with E-state index < -0.39 is 53.0 Å². The molecule has 0 bridgehead atoms. The zero-order valence-electron chi connectivity index (χ0n) is 36.3. The van der Waals surface area contributed by atoms with E-state index in [4.69, 9.17) is 28.9 Å². The molecule has 0 spiro atoms. The Balaban J connectivity index is 1.34. The van der Waals surface area contributed by atoms with E-state index in [0.29, 0.717) is 51.6 Å². The predicted octanol–water partition coefficient (Wildman–Crippen LogP) is 6.89. The van der Waals surface area contributed by atoms with Crippen molar-refractivity contribution in [1.29, 1.82) is 0 Å². The molecule has 324 valence electrons. The average molecular weight is 846 g/mol. The van der Waals surface area contributed by atoms with Gasteiger partial charge >= 0.3 is 12.1 Å². The molecular formula is C45H59N5O9S. The number of nitrogens with zero attached hydrogens (tertiary/aromatic N) is 3. The van der Waals surface area contributed by atoms with Crippen molar-refractivity contribution >= 4 is 51.9 Å². The smallest absolute Gasteiger partial charge is 0.408 e. The molecule has 3 fully saturated rings. The molecule has 2 aliphatic carbocycles. The van der Waals surface area contributed by atoms with Crippen LogP contribution in [0.1, 0.15) is 97.1 Å². The molecule has 3 aromatic rings. The number of rotatable bonds is 14. The molecule has 6 rings (SSSR count). The number of carbonyl (C=O) groups is 5. The number of fused-ring (bicyclic) bond motifs is 1. The molecule has 1 aliphatic heterocycles. The van der Waals surface area contributed by atoms with Crippen molar-refractivity contribution in [1.82, 2.24) is 25.5 Å². The number of benzene rings is 1. The largest absolute Gasteiger partial charge is 0.496 e. The summed E-state index contributed by atoms with van der Waals surface area (Å²) in [4.78, 5) is 79.4. The number of Topliss-reactive ketones (excluding diaryl/α,β-unsaturated/α-hetero) is 1. The van der Waals surface area contributed by atoms with Crippen molar-refractivity contribution in [2.24, 2.45) is 16.7 Å². The normalized spacial score (nSPS) is 22.2. The third-order valence-electron chi connectivity index (χ3n) is 11.5. The average Bonchev–Trinajstić information content (AvgIpc) is 3.60. The first kappa shape index (κ1) is 44.5. The molecule has 3 amide bonds. The number of hydrogen-bond acceptors (Lipinski definition) is 12. The van der Waals surface area contributed by atoms with Crippen LogP contribution < -0.4 is 20.1 Å². The molecule has 14 nitrogen and oxygen atoms in total.